The van der Waals surface area contributed by atoms with Crippen molar-refractivity contribution in [2.75, 3.05) is 6.54 Å². The summed E-state index contributed by atoms with van der Waals surface area (Å²) in [6, 6.07) is 0.0964. The SMILES string of the molecule is CCC(C)(O)CNS(=O)(=O)NC1CC1. The van der Waals surface area contributed by atoms with E-state index in [1.54, 1.807) is 6.92 Å². The van der Waals surface area contributed by atoms with Crippen LogP contribution in [0.1, 0.15) is 33.1 Å². The topological polar surface area (TPSA) is 78.4 Å². The van der Waals surface area contributed by atoms with Crippen molar-refractivity contribution in [2.45, 2.75) is 44.8 Å². The zero-order valence-electron chi connectivity index (χ0n) is 8.58. The van der Waals surface area contributed by atoms with Crippen molar-refractivity contribution in [1.29, 1.82) is 0 Å². The first kappa shape index (κ1) is 11.9. The quantitative estimate of drug-likeness (QED) is 0.579. The molecular formula is C8H18N2O3S. The lowest BCUT2D eigenvalue weighted by atomic mass is 10.1. The molecule has 14 heavy (non-hydrogen) atoms. The average molecular weight is 222 g/mol. The van der Waals surface area contributed by atoms with Gasteiger partial charge in [-0.05, 0) is 26.2 Å². The van der Waals surface area contributed by atoms with Crippen molar-refractivity contribution in [3.63, 3.8) is 0 Å². The molecule has 3 N–H and O–H groups in total. The number of nitrogens with one attached hydrogen (secondary N) is 2. The largest absolute Gasteiger partial charge is 0.389 e. The van der Waals surface area contributed by atoms with E-state index in [4.69, 9.17) is 0 Å². The third-order valence-electron chi connectivity index (χ3n) is 2.30. The maximum Gasteiger partial charge on any atom is 0.277 e. The lowest BCUT2D eigenvalue weighted by Crippen LogP contribution is -2.45. The van der Waals surface area contributed by atoms with E-state index in [0.29, 0.717) is 6.42 Å². The molecule has 1 fully saturated rings. The van der Waals surface area contributed by atoms with Crippen molar-refractivity contribution in [3.8, 4) is 0 Å². The molecule has 84 valence electrons. The predicted molar refractivity (Wildman–Crippen MR) is 54.0 cm³/mol. The van der Waals surface area contributed by atoms with E-state index in [9.17, 15) is 13.5 Å². The van der Waals surface area contributed by atoms with Gasteiger partial charge in [-0.3, -0.25) is 0 Å². The van der Waals surface area contributed by atoms with Crippen LogP contribution in [0, 0.1) is 0 Å². The second kappa shape index (κ2) is 4.14. The molecule has 0 heterocycles. The van der Waals surface area contributed by atoms with Gasteiger partial charge in [0.25, 0.3) is 10.2 Å². The highest BCUT2D eigenvalue weighted by Crippen LogP contribution is 2.19. The molecule has 0 aromatic heterocycles. The molecule has 1 saturated carbocycles. The van der Waals surface area contributed by atoms with Crippen LogP contribution in [-0.2, 0) is 10.2 Å². The van der Waals surface area contributed by atoms with Crippen LogP contribution in [0.15, 0.2) is 0 Å². The van der Waals surface area contributed by atoms with Gasteiger partial charge in [0.1, 0.15) is 0 Å². The highest BCUT2D eigenvalue weighted by molar-refractivity contribution is 7.87. The van der Waals surface area contributed by atoms with Crippen LogP contribution in [-0.4, -0.2) is 31.7 Å². The number of rotatable bonds is 6. The second-order valence-electron chi connectivity index (χ2n) is 4.07. The Labute approximate surface area is 85.1 Å². The van der Waals surface area contributed by atoms with Gasteiger partial charge in [0.2, 0.25) is 0 Å². The summed E-state index contributed by atoms with van der Waals surface area (Å²) in [7, 11) is -3.42. The van der Waals surface area contributed by atoms with Gasteiger partial charge in [-0.15, -0.1) is 0 Å². The summed E-state index contributed by atoms with van der Waals surface area (Å²) in [6.07, 6.45) is 2.33. The Morgan fingerprint density at radius 3 is 2.50 bits per heavy atom. The number of hydrogen-bond donors (Lipinski definition) is 3. The summed E-state index contributed by atoms with van der Waals surface area (Å²) in [4.78, 5) is 0. The third kappa shape index (κ3) is 4.36. The number of aliphatic hydroxyl groups is 1. The lowest BCUT2D eigenvalue weighted by Gasteiger charge is -2.21. The molecule has 1 rings (SSSR count). The molecule has 0 spiro atoms. The monoisotopic (exact) mass is 222 g/mol. The van der Waals surface area contributed by atoms with Crippen LogP contribution in [0.4, 0.5) is 0 Å². The van der Waals surface area contributed by atoms with Crippen molar-refractivity contribution >= 4 is 10.2 Å². The van der Waals surface area contributed by atoms with Gasteiger partial charge in [-0.2, -0.15) is 17.9 Å². The Hall–Kier alpha value is -0.170. The highest BCUT2D eigenvalue weighted by atomic mass is 32.2. The van der Waals surface area contributed by atoms with E-state index in [-0.39, 0.29) is 12.6 Å². The second-order valence-corrected chi connectivity index (χ2v) is 5.60. The Kier molecular flexibility index (Phi) is 3.52. The fourth-order valence-corrected chi connectivity index (χ4v) is 2.10. The molecule has 0 amide bonds. The van der Waals surface area contributed by atoms with E-state index < -0.39 is 15.8 Å². The van der Waals surface area contributed by atoms with E-state index in [2.05, 4.69) is 9.44 Å². The normalized spacial score (nSPS) is 21.9. The minimum atomic E-state index is -3.42. The summed E-state index contributed by atoms with van der Waals surface area (Å²) in [5.41, 5.74) is -0.974. The van der Waals surface area contributed by atoms with Crippen LogP contribution in [0.5, 0.6) is 0 Å². The van der Waals surface area contributed by atoms with E-state index in [1.165, 1.54) is 0 Å². The molecule has 5 nitrogen and oxygen atoms in total. The van der Waals surface area contributed by atoms with Gasteiger partial charge < -0.3 is 5.11 Å². The lowest BCUT2D eigenvalue weighted by molar-refractivity contribution is 0.0612. The molecule has 0 aromatic carbocycles. The molecule has 0 radical (unpaired) electrons. The summed E-state index contributed by atoms with van der Waals surface area (Å²) < 4.78 is 27.4. The molecule has 1 atom stereocenters. The molecule has 6 heteroatoms. The van der Waals surface area contributed by atoms with E-state index >= 15 is 0 Å². The van der Waals surface area contributed by atoms with E-state index in [0.717, 1.165) is 12.8 Å². The average Bonchev–Trinajstić information content (AvgIpc) is 2.85. The van der Waals surface area contributed by atoms with Crippen molar-refractivity contribution in [1.82, 2.24) is 9.44 Å². The molecule has 0 aliphatic heterocycles. The van der Waals surface area contributed by atoms with Crippen LogP contribution in [0.2, 0.25) is 0 Å². The predicted octanol–water partition coefficient (Wildman–Crippen LogP) is -0.266. The zero-order valence-corrected chi connectivity index (χ0v) is 9.39. The minimum Gasteiger partial charge on any atom is -0.389 e. The van der Waals surface area contributed by atoms with Crippen LogP contribution < -0.4 is 9.44 Å². The summed E-state index contributed by atoms with van der Waals surface area (Å²) in [5.74, 6) is 0. The van der Waals surface area contributed by atoms with Gasteiger partial charge in [0.15, 0.2) is 0 Å². The smallest absolute Gasteiger partial charge is 0.277 e. The first-order valence-electron chi connectivity index (χ1n) is 4.84. The summed E-state index contributed by atoms with van der Waals surface area (Å²) >= 11 is 0. The van der Waals surface area contributed by atoms with Gasteiger partial charge in [-0.1, -0.05) is 6.92 Å². The third-order valence-corrected chi connectivity index (χ3v) is 3.47. The maximum atomic E-state index is 11.3. The fraction of sp³-hybridized carbons (Fsp3) is 1.00. The molecule has 1 aliphatic rings. The zero-order chi connectivity index (χ0) is 10.8. The maximum absolute atomic E-state index is 11.3. The minimum absolute atomic E-state index is 0.0472. The summed E-state index contributed by atoms with van der Waals surface area (Å²) in [5, 5.41) is 9.58. The van der Waals surface area contributed by atoms with Crippen LogP contribution >= 0.6 is 0 Å². The summed E-state index contributed by atoms with van der Waals surface area (Å²) in [6.45, 7) is 3.46. The highest BCUT2D eigenvalue weighted by Gasteiger charge is 2.28. The van der Waals surface area contributed by atoms with Crippen LogP contribution in [0.25, 0.3) is 0 Å². The van der Waals surface area contributed by atoms with Gasteiger partial charge in [0, 0.05) is 12.6 Å². The standard InChI is InChI=1S/C8H18N2O3S/c1-3-8(2,11)6-9-14(12,13)10-7-4-5-7/h7,9-11H,3-6H2,1-2H3. The first-order chi connectivity index (χ1) is 6.35. The Morgan fingerprint density at radius 1 is 1.50 bits per heavy atom. The molecule has 0 saturated heterocycles. The molecule has 1 aliphatic carbocycles. The van der Waals surface area contributed by atoms with Crippen LogP contribution in [0.3, 0.4) is 0 Å². The Morgan fingerprint density at radius 2 is 2.07 bits per heavy atom. The molecule has 1 unspecified atom stereocenters. The first-order valence-corrected chi connectivity index (χ1v) is 6.32. The fourth-order valence-electron chi connectivity index (χ4n) is 0.838. The van der Waals surface area contributed by atoms with Gasteiger partial charge in [-0.25, -0.2) is 0 Å². The number of hydrogen-bond acceptors (Lipinski definition) is 3. The van der Waals surface area contributed by atoms with Crippen molar-refractivity contribution in [3.05, 3.63) is 0 Å². The Balaban J connectivity index is 2.35. The molecule has 0 aromatic rings. The molecule has 0 bridgehead atoms. The van der Waals surface area contributed by atoms with Crippen molar-refractivity contribution in [2.24, 2.45) is 0 Å². The van der Waals surface area contributed by atoms with Crippen molar-refractivity contribution < 1.29 is 13.5 Å². The molecular weight excluding hydrogens is 204 g/mol. The van der Waals surface area contributed by atoms with E-state index in [1.807, 2.05) is 6.92 Å². The Bertz CT molecular complexity index is 283. The van der Waals surface area contributed by atoms with Gasteiger partial charge in [0.05, 0.1) is 5.60 Å². The van der Waals surface area contributed by atoms with Gasteiger partial charge >= 0.3 is 0 Å².